The first kappa shape index (κ1) is 12.6. The second-order valence-corrected chi connectivity index (χ2v) is 5.18. The fraction of sp³-hybridized carbons (Fsp3) is 0.267. The Bertz CT molecular complexity index is 665. The molecule has 5 heteroatoms. The van der Waals surface area contributed by atoms with Crippen LogP contribution in [0.3, 0.4) is 0 Å². The Balaban J connectivity index is 1.79. The molecule has 0 aliphatic rings. The molecule has 5 nitrogen and oxygen atoms in total. The van der Waals surface area contributed by atoms with Gasteiger partial charge in [-0.25, -0.2) is 4.68 Å². The molecule has 0 aliphatic carbocycles. The normalized spacial score (nSPS) is 11.2. The molecule has 1 N–H and O–H groups in total. The van der Waals surface area contributed by atoms with Crippen LogP contribution in [0.5, 0.6) is 0 Å². The van der Waals surface area contributed by atoms with Gasteiger partial charge in [0.2, 0.25) is 0 Å². The summed E-state index contributed by atoms with van der Waals surface area (Å²) in [6.45, 7) is 5.06. The van der Waals surface area contributed by atoms with Crippen molar-refractivity contribution in [3.05, 3.63) is 54.0 Å². The molecule has 0 unspecified atom stereocenters. The van der Waals surface area contributed by atoms with Crippen LogP contribution in [0.1, 0.15) is 30.9 Å². The topological polar surface area (TPSA) is 59.4 Å². The molecular weight excluding hydrogens is 250 g/mol. The maximum atomic E-state index is 4.22. The number of benzene rings is 1. The van der Waals surface area contributed by atoms with Gasteiger partial charge in [0.25, 0.3) is 0 Å². The molecular formula is C15H17N5. The summed E-state index contributed by atoms with van der Waals surface area (Å²) in [5.74, 6) is 0.542. The molecule has 0 bridgehead atoms. The second kappa shape index (κ2) is 5.28. The number of aromatic nitrogens is 5. The number of rotatable bonds is 4. The zero-order chi connectivity index (χ0) is 13.9. The molecule has 0 amide bonds. The molecule has 1 aromatic carbocycles. The van der Waals surface area contributed by atoms with Crippen molar-refractivity contribution in [2.24, 2.45) is 0 Å². The van der Waals surface area contributed by atoms with Crippen molar-refractivity contribution in [1.29, 1.82) is 0 Å². The van der Waals surface area contributed by atoms with E-state index in [1.165, 1.54) is 5.56 Å². The fourth-order valence-corrected chi connectivity index (χ4v) is 2.10. The minimum Gasteiger partial charge on any atom is -0.285 e. The number of hydrogen-bond acceptors (Lipinski definition) is 3. The van der Waals surface area contributed by atoms with E-state index in [0.29, 0.717) is 12.5 Å². The standard InChI is InChI=1S/C15H17N5/c1-11(2)13-3-5-14(6-4-13)15-10-20(19-18-15)9-12-7-16-17-8-12/h3-8,10-11H,9H2,1-2H3,(H,16,17). The highest BCUT2D eigenvalue weighted by Crippen LogP contribution is 2.20. The maximum Gasteiger partial charge on any atom is 0.113 e. The summed E-state index contributed by atoms with van der Waals surface area (Å²) in [4.78, 5) is 0. The monoisotopic (exact) mass is 267 g/mol. The Kier molecular flexibility index (Phi) is 3.33. The summed E-state index contributed by atoms with van der Waals surface area (Å²) in [5, 5.41) is 15.1. The summed E-state index contributed by atoms with van der Waals surface area (Å²) in [6, 6.07) is 8.49. The Morgan fingerprint density at radius 2 is 2.00 bits per heavy atom. The number of nitrogens with one attached hydrogen (secondary N) is 1. The van der Waals surface area contributed by atoms with Crippen LogP contribution < -0.4 is 0 Å². The predicted octanol–water partition coefficient (Wildman–Crippen LogP) is 2.84. The molecule has 20 heavy (non-hydrogen) atoms. The molecule has 0 saturated heterocycles. The molecule has 0 saturated carbocycles. The van der Waals surface area contributed by atoms with Gasteiger partial charge < -0.3 is 0 Å². The van der Waals surface area contributed by atoms with E-state index in [9.17, 15) is 0 Å². The Morgan fingerprint density at radius 1 is 1.20 bits per heavy atom. The minimum atomic E-state index is 0.542. The highest BCUT2D eigenvalue weighted by Gasteiger charge is 2.06. The fourth-order valence-electron chi connectivity index (χ4n) is 2.10. The van der Waals surface area contributed by atoms with Crippen molar-refractivity contribution in [2.45, 2.75) is 26.3 Å². The summed E-state index contributed by atoms with van der Waals surface area (Å²) in [7, 11) is 0. The van der Waals surface area contributed by atoms with Gasteiger partial charge in [-0.1, -0.05) is 43.3 Å². The smallest absolute Gasteiger partial charge is 0.113 e. The Hall–Kier alpha value is -2.43. The molecule has 0 fully saturated rings. The van der Waals surface area contributed by atoms with Crippen LogP contribution in [0.4, 0.5) is 0 Å². The van der Waals surface area contributed by atoms with E-state index in [1.807, 2.05) is 17.1 Å². The van der Waals surface area contributed by atoms with Gasteiger partial charge in [0.05, 0.1) is 18.9 Å². The average Bonchev–Trinajstić information content (AvgIpc) is 3.11. The van der Waals surface area contributed by atoms with Crippen LogP contribution in [0, 0.1) is 0 Å². The van der Waals surface area contributed by atoms with Crippen molar-refractivity contribution >= 4 is 0 Å². The summed E-state index contributed by atoms with van der Waals surface area (Å²) >= 11 is 0. The van der Waals surface area contributed by atoms with E-state index < -0.39 is 0 Å². The van der Waals surface area contributed by atoms with Gasteiger partial charge in [0, 0.05) is 17.3 Å². The molecule has 2 heterocycles. The Labute approximate surface area is 117 Å². The minimum absolute atomic E-state index is 0.542. The van der Waals surface area contributed by atoms with Crippen LogP contribution in [-0.4, -0.2) is 25.2 Å². The molecule has 0 atom stereocenters. The largest absolute Gasteiger partial charge is 0.285 e. The van der Waals surface area contributed by atoms with E-state index in [2.05, 4.69) is 58.6 Å². The third-order valence-corrected chi connectivity index (χ3v) is 3.31. The maximum absolute atomic E-state index is 4.22. The molecule has 3 rings (SSSR count). The van der Waals surface area contributed by atoms with Gasteiger partial charge in [0.1, 0.15) is 5.69 Å². The molecule has 102 valence electrons. The molecule has 0 aliphatic heterocycles. The van der Waals surface area contributed by atoms with Gasteiger partial charge in [-0.2, -0.15) is 5.10 Å². The first-order chi connectivity index (χ1) is 9.72. The van der Waals surface area contributed by atoms with Crippen LogP contribution in [0.2, 0.25) is 0 Å². The SMILES string of the molecule is CC(C)c1ccc(-c2cn(Cc3cn[nH]c3)nn2)cc1. The molecule has 3 aromatic rings. The van der Waals surface area contributed by atoms with Crippen molar-refractivity contribution in [3.63, 3.8) is 0 Å². The number of H-pyrrole nitrogens is 1. The van der Waals surface area contributed by atoms with Crippen molar-refractivity contribution in [1.82, 2.24) is 25.2 Å². The van der Waals surface area contributed by atoms with Crippen LogP contribution >= 0.6 is 0 Å². The van der Waals surface area contributed by atoms with Gasteiger partial charge in [-0.3, -0.25) is 5.10 Å². The number of nitrogens with zero attached hydrogens (tertiary/aromatic N) is 4. The highest BCUT2D eigenvalue weighted by molar-refractivity contribution is 5.58. The van der Waals surface area contributed by atoms with E-state index >= 15 is 0 Å². The lowest BCUT2D eigenvalue weighted by molar-refractivity contribution is 0.650. The third kappa shape index (κ3) is 2.61. The van der Waals surface area contributed by atoms with Gasteiger partial charge in [-0.05, 0) is 11.5 Å². The van der Waals surface area contributed by atoms with Crippen molar-refractivity contribution in [3.8, 4) is 11.3 Å². The molecule has 0 spiro atoms. The van der Waals surface area contributed by atoms with Crippen molar-refractivity contribution in [2.75, 3.05) is 0 Å². The Morgan fingerprint density at radius 3 is 2.65 bits per heavy atom. The van der Waals surface area contributed by atoms with Gasteiger partial charge in [0.15, 0.2) is 0 Å². The van der Waals surface area contributed by atoms with Gasteiger partial charge in [-0.15, -0.1) is 5.10 Å². The van der Waals surface area contributed by atoms with Crippen LogP contribution in [0.25, 0.3) is 11.3 Å². The van der Waals surface area contributed by atoms with Crippen LogP contribution in [-0.2, 0) is 6.54 Å². The number of aromatic amines is 1. The van der Waals surface area contributed by atoms with Gasteiger partial charge >= 0.3 is 0 Å². The summed E-state index contributed by atoms with van der Waals surface area (Å²) in [6.07, 6.45) is 5.61. The number of hydrogen-bond donors (Lipinski definition) is 1. The van der Waals surface area contributed by atoms with Crippen molar-refractivity contribution < 1.29 is 0 Å². The van der Waals surface area contributed by atoms with E-state index in [1.54, 1.807) is 6.20 Å². The third-order valence-electron chi connectivity index (χ3n) is 3.31. The lowest BCUT2D eigenvalue weighted by Gasteiger charge is -2.05. The molecule has 2 aromatic heterocycles. The van der Waals surface area contributed by atoms with Crippen LogP contribution in [0.15, 0.2) is 42.9 Å². The predicted molar refractivity (Wildman–Crippen MR) is 77.2 cm³/mol. The zero-order valence-corrected chi connectivity index (χ0v) is 11.6. The van der Waals surface area contributed by atoms with E-state index in [4.69, 9.17) is 0 Å². The van der Waals surface area contributed by atoms with E-state index in [-0.39, 0.29) is 0 Å². The summed E-state index contributed by atoms with van der Waals surface area (Å²) < 4.78 is 1.82. The summed E-state index contributed by atoms with van der Waals surface area (Å²) in [5.41, 5.74) is 4.40. The zero-order valence-electron chi connectivity index (χ0n) is 11.6. The second-order valence-electron chi connectivity index (χ2n) is 5.18. The lowest BCUT2D eigenvalue weighted by atomic mass is 10.0. The molecule has 0 radical (unpaired) electrons. The van der Waals surface area contributed by atoms with E-state index in [0.717, 1.165) is 16.8 Å². The first-order valence-corrected chi connectivity index (χ1v) is 6.70. The highest BCUT2D eigenvalue weighted by atomic mass is 15.4. The quantitative estimate of drug-likeness (QED) is 0.790. The first-order valence-electron chi connectivity index (χ1n) is 6.70. The lowest BCUT2D eigenvalue weighted by Crippen LogP contribution is -1.98. The average molecular weight is 267 g/mol.